The van der Waals surface area contributed by atoms with Crippen LogP contribution in [-0.2, 0) is 6.54 Å². The lowest BCUT2D eigenvalue weighted by Gasteiger charge is -2.17. The van der Waals surface area contributed by atoms with Gasteiger partial charge in [0, 0.05) is 6.54 Å². The molecule has 0 aliphatic heterocycles. The normalized spacial score (nSPS) is 12.2. The van der Waals surface area contributed by atoms with Gasteiger partial charge in [-0.05, 0) is 24.7 Å². The summed E-state index contributed by atoms with van der Waals surface area (Å²) in [5.74, 6) is 0.366. The molecule has 5 nitrogen and oxygen atoms in total. The zero-order chi connectivity index (χ0) is 14.4. The van der Waals surface area contributed by atoms with Gasteiger partial charge in [-0.15, -0.1) is 0 Å². The molecule has 0 aliphatic rings. The van der Waals surface area contributed by atoms with Crippen LogP contribution in [0.3, 0.4) is 0 Å². The molecule has 7 heteroatoms. The third-order valence-corrected chi connectivity index (χ3v) is 2.55. The molecule has 0 spiro atoms. The first-order chi connectivity index (χ1) is 8.97. The molecule has 19 heavy (non-hydrogen) atoms. The van der Waals surface area contributed by atoms with Crippen molar-refractivity contribution < 1.29 is 18.7 Å². The lowest BCUT2D eigenvalue weighted by Crippen LogP contribution is -2.24. The number of amidine groups is 1. The van der Waals surface area contributed by atoms with Gasteiger partial charge in [0.2, 0.25) is 0 Å². The minimum atomic E-state index is -2.38. The molecule has 0 radical (unpaired) electrons. The van der Waals surface area contributed by atoms with E-state index < -0.39 is 6.43 Å². The van der Waals surface area contributed by atoms with E-state index in [0.29, 0.717) is 17.9 Å². The zero-order valence-electron chi connectivity index (χ0n) is 10.8. The maximum absolute atomic E-state index is 12.2. The van der Waals surface area contributed by atoms with Crippen molar-refractivity contribution in [2.75, 3.05) is 20.7 Å². The van der Waals surface area contributed by atoms with E-state index >= 15 is 0 Å². The summed E-state index contributed by atoms with van der Waals surface area (Å²) < 4.78 is 29.6. The molecule has 1 aromatic rings. The molecule has 0 saturated heterocycles. The zero-order valence-corrected chi connectivity index (χ0v) is 10.8. The molecular formula is C12H17F2N3O2. The Morgan fingerprint density at radius 3 is 2.74 bits per heavy atom. The molecular weight excluding hydrogens is 256 g/mol. The molecule has 0 heterocycles. The Bertz CT molecular complexity index is 453. The molecule has 0 aliphatic carbocycles. The van der Waals surface area contributed by atoms with E-state index in [4.69, 9.17) is 15.7 Å². The number of oxime groups is 1. The number of benzene rings is 1. The second-order valence-corrected chi connectivity index (χ2v) is 4.11. The van der Waals surface area contributed by atoms with E-state index in [1.54, 1.807) is 25.2 Å². The molecule has 0 bridgehead atoms. The van der Waals surface area contributed by atoms with Gasteiger partial charge in [-0.25, -0.2) is 8.78 Å². The minimum Gasteiger partial charge on any atom is -0.496 e. The monoisotopic (exact) mass is 273 g/mol. The van der Waals surface area contributed by atoms with Gasteiger partial charge in [-0.3, -0.25) is 4.90 Å². The second-order valence-electron chi connectivity index (χ2n) is 4.11. The van der Waals surface area contributed by atoms with Crippen LogP contribution in [0.2, 0.25) is 0 Å². The van der Waals surface area contributed by atoms with E-state index in [9.17, 15) is 8.78 Å². The van der Waals surface area contributed by atoms with Crippen molar-refractivity contribution in [3.05, 3.63) is 29.3 Å². The van der Waals surface area contributed by atoms with Gasteiger partial charge in [0.15, 0.2) is 5.84 Å². The topological polar surface area (TPSA) is 71.1 Å². The van der Waals surface area contributed by atoms with Crippen LogP contribution in [0.5, 0.6) is 5.75 Å². The average molecular weight is 273 g/mol. The summed E-state index contributed by atoms with van der Waals surface area (Å²) >= 11 is 0. The third kappa shape index (κ3) is 4.36. The maximum atomic E-state index is 12.2. The summed E-state index contributed by atoms with van der Waals surface area (Å²) in [7, 11) is 3.06. The van der Waals surface area contributed by atoms with Gasteiger partial charge in [-0.2, -0.15) is 0 Å². The Kier molecular flexibility index (Phi) is 5.50. The average Bonchev–Trinajstić information content (AvgIpc) is 2.36. The lowest BCUT2D eigenvalue weighted by atomic mass is 10.1. The highest BCUT2D eigenvalue weighted by Gasteiger charge is 2.12. The van der Waals surface area contributed by atoms with E-state index in [0.717, 1.165) is 5.56 Å². The summed E-state index contributed by atoms with van der Waals surface area (Å²) in [6, 6.07) is 5.05. The van der Waals surface area contributed by atoms with Crippen LogP contribution in [0, 0.1) is 0 Å². The Morgan fingerprint density at radius 2 is 2.21 bits per heavy atom. The lowest BCUT2D eigenvalue weighted by molar-refractivity contribution is 0.0975. The fraction of sp³-hybridized carbons (Fsp3) is 0.417. The number of nitrogens with zero attached hydrogens (tertiary/aromatic N) is 2. The van der Waals surface area contributed by atoms with Crippen LogP contribution in [0.1, 0.15) is 11.1 Å². The highest BCUT2D eigenvalue weighted by atomic mass is 19.3. The predicted octanol–water partition coefficient (Wildman–Crippen LogP) is 1.49. The highest BCUT2D eigenvalue weighted by molar-refractivity contribution is 5.99. The van der Waals surface area contributed by atoms with E-state index in [2.05, 4.69) is 5.16 Å². The first-order valence-electron chi connectivity index (χ1n) is 5.59. The largest absolute Gasteiger partial charge is 0.496 e. The summed E-state index contributed by atoms with van der Waals surface area (Å²) in [6.07, 6.45) is -2.38. The molecule has 0 aromatic heterocycles. The number of alkyl halides is 2. The fourth-order valence-electron chi connectivity index (χ4n) is 1.72. The van der Waals surface area contributed by atoms with Gasteiger partial charge in [0.05, 0.1) is 19.2 Å². The van der Waals surface area contributed by atoms with Crippen molar-refractivity contribution in [1.82, 2.24) is 4.90 Å². The minimum absolute atomic E-state index is 0.0878. The Hall–Kier alpha value is -1.89. The van der Waals surface area contributed by atoms with Crippen LogP contribution in [0.15, 0.2) is 23.4 Å². The molecule has 0 saturated carbocycles. The van der Waals surface area contributed by atoms with Gasteiger partial charge in [0.25, 0.3) is 6.43 Å². The number of nitrogens with two attached hydrogens (primary N) is 1. The fourth-order valence-corrected chi connectivity index (χ4v) is 1.72. The van der Waals surface area contributed by atoms with Crippen molar-refractivity contribution >= 4 is 5.84 Å². The number of ether oxygens (including phenoxy) is 1. The van der Waals surface area contributed by atoms with Crippen molar-refractivity contribution in [1.29, 1.82) is 0 Å². The molecule has 0 unspecified atom stereocenters. The van der Waals surface area contributed by atoms with Gasteiger partial charge >= 0.3 is 0 Å². The molecule has 1 rings (SSSR count). The van der Waals surface area contributed by atoms with Crippen molar-refractivity contribution in [2.45, 2.75) is 13.0 Å². The van der Waals surface area contributed by atoms with Gasteiger partial charge in [-0.1, -0.05) is 11.2 Å². The summed E-state index contributed by atoms with van der Waals surface area (Å²) in [4.78, 5) is 1.49. The molecule has 0 atom stereocenters. The number of hydrogen-bond acceptors (Lipinski definition) is 4. The maximum Gasteiger partial charge on any atom is 0.251 e. The van der Waals surface area contributed by atoms with Crippen LogP contribution in [-0.4, -0.2) is 43.1 Å². The quantitative estimate of drug-likeness (QED) is 0.356. The summed E-state index contributed by atoms with van der Waals surface area (Å²) in [6.45, 7) is 0.0188. The molecule has 106 valence electrons. The number of hydrogen-bond donors (Lipinski definition) is 2. The molecule has 1 aromatic carbocycles. The van der Waals surface area contributed by atoms with Gasteiger partial charge < -0.3 is 15.7 Å². The Morgan fingerprint density at radius 1 is 1.53 bits per heavy atom. The van der Waals surface area contributed by atoms with Crippen LogP contribution < -0.4 is 10.5 Å². The van der Waals surface area contributed by atoms with Crippen LogP contribution in [0.4, 0.5) is 8.78 Å². The standard InChI is InChI=1S/C12H17F2N3O2/c1-17(7-11(13)14)6-8-3-4-10(19-2)9(5-8)12(15)16-18/h3-5,11,18H,6-7H2,1-2H3,(H2,15,16). The van der Waals surface area contributed by atoms with Crippen molar-refractivity contribution in [3.8, 4) is 5.75 Å². The van der Waals surface area contributed by atoms with E-state index in [-0.39, 0.29) is 12.4 Å². The summed E-state index contributed by atoms with van der Waals surface area (Å²) in [5.41, 5.74) is 6.73. The van der Waals surface area contributed by atoms with Crippen LogP contribution >= 0.6 is 0 Å². The Balaban J connectivity index is 2.92. The molecule has 3 N–H and O–H groups in total. The van der Waals surface area contributed by atoms with Crippen molar-refractivity contribution in [2.24, 2.45) is 10.9 Å². The third-order valence-electron chi connectivity index (χ3n) is 2.55. The van der Waals surface area contributed by atoms with E-state index in [1.807, 2.05) is 0 Å². The first-order valence-corrected chi connectivity index (χ1v) is 5.59. The number of halogens is 2. The van der Waals surface area contributed by atoms with E-state index in [1.165, 1.54) is 12.0 Å². The number of methoxy groups -OCH3 is 1. The molecule has 0 fully saturated rings. The SMILES string of the molecule is COc1ccc(CN(C)CC(F)F)cc1/C(N)=N/O. The highest BCUT2D eigenvalue weighted by Crippen LogP contribution is 2.20. The molecule has 0 amide bonds. The predicted molar refractivity (Wildman–Crippen MR) is 67.8 cm³/mol. The summed E-state index contributed by atoms with van der Waals surface area (Å²) in [5, 5.41) is 11.6. The second kappa shape index (κ2) is 6.89. The number of rotatable bonds is 6. The smallest absolute Gasteiger partial charge is 0.251 e. The Labute approximate surface area is 110 Å². The van der Waals surface area contributed by atoms with Crippen LogP contribution in [0.25, 0.3) is 0 Å². The van der Waals surface area contributed by atoms with Crippen molar-refractivity contribution in [3.63, 3.8) is 0 Å². The van der Waals surface area contributed by atoms with Gasteiger partial charge in [0.1, 0.15) is 5.75 Å². The first kappa shape index (κ1) is 15.2.